The summed E-state index contributed by atoms with van der Waals surface area (Å²) in [6.45, 7) is 6.27. The molecule has 64 heavy (non-hydrogen) atoms. The molecule has 0 amide bonds. The normalized spacial score (nSPS) is 13.1. The van der Waals surface area contributed by atoms with Crippen LogP contribution in [0.1, 0.15) is 207 Å². The predicted octanol–water partition coefficient (Wildman–Crippen LogP) is 16.9. The molecule has 0 spiro atoms. The van der Waals surface area contributed by atoms with Crippen LogP contribution < -0.4 is 0 Å². The maximum absolute atomic E-state index is 12.8. The van der Waals surface area contributed by atoms with Crippen LogP contribution in [0.5, 0.6) is 0 Å². The van der Waals surface area contributed by atoms with E-state index in [1.54, 1.807) is 0 Å². The average molecular weight is 885 g/mol. The number of allylic oxidation sites excluding steroid dienone is 20. The fourth-order valence-corrected chi connectivity index (χ4v) is 6.56. The maximum Gasteiger partial charge on any atom is 0.306 e. The molecule has 0 aliphatic heterocycles. The molecular weight excluding hydrogens is 793 g/mol. The third-order valence-corrected chi connectivity index (χ3v) is 10.3. The first-order chi connectivity index (χ1) is 31.5. The Bertz CT molecular complexity index is 1390. The number of carbonyl (C=O) groups is 3. The monoisotopic (exact) mass is 885 g/mol. The van der Waals surface area contributed by atoms with Crippen LogP contribution in [0, 0.1) is 0 Å². The Morgan fingerprint density at radius 2 is 0.703 bits per heavy atom. The summed E-state index contributed by atoms with van der Waals surface area (Å²) in [5.74, 6) is -1.03. The molecule has 1 unspecified atom stereocenters. The standard InChI is InChI=1S/C58H92O6/c1-4-7-10-13-16-19-22-25-27-28-29-30-31-34-36-39-42-45-48-51-57(60)63-54-55(53-62-56(59)50-47-44-41-38-35-32-24-21-18-15-12-9-6-3)64-58(61)52-49-46-43-40-37-33-26-23-20-17-14-11-8-5-2/h7,9-10,12,15-16,18-19,21,24-25,27,29-30,32,34-36,38,41,55H,4-6,8,11,13-14,17,20,22-23,26,28,31,33,37,39-40,42-54H2,1-3H3/b10-7+,12-9+,18-15+,19-16+,24-21+,27-25+,30-29+,35-32+,36-34+,41-38+. The van der Waals surface area contributed by atoms with Gasteiger partial charge in [-0.25, -0.2) is 0 Å². The molecule has 0 bridgehead atoms. The second kappa shape index (κ2) is 51.4. The lowest BCUT2D eigenvalue weighted by Crippen LogP contribution is -2.30. The Balaban J connectivity index is 4.54. The van der Waals surface area contributed by atoms with Gasteiger partial charge in [-0.05, 0) is 77.0 Å². The summed E-state index contributed by atoms with van der Waals surface area (Å²) in [6, 6.07) is 0. The molecule has 0 aromatic carbocycles. The molecule has 6 heteroatoms. The first kappa shape index (κ1) is 59.8. The molecule has 0 aliphatic rings. The van der Waals surface area contributed by atoms with E-state index in [1.807, 2.05) is 54.7 Å². The van der Waals surface area contributed by atoms with E-state index in [2.05, 4.69) is 87.6 Å². The zero-order chi connectivity index (χ0) is 46.5. The molecule has 0 aromatic heterocycles. The van der Waals surface area contributed by atoms with Crippen LogP contribution in [0.25, 0.3) is 0 Å². The van der Waals surface area contributed by atoms with E-state index in [1.165, 1.54) is 70.6 Å². The van der Waals surface area contributed by atoms with Crippen molar-refractivity contribution >= 4 is 17.9 Å². The van der Waals surface area contributed by atoms with Gasteiger partial charge in [-0.1, -0.05) is 232 Å². The molecule has 0 rings (SSSR count). The lowest BCUT2D eigenvalue weighted by atomic mass is 10.0. The van der Waals surface area contributed by atoms with Gasteiger partial charge >= 0.3 is 17.9 Å². The molecule has 0 aliphatic carbocycles. The summed E-state index contributed by atoms with van der Waals surface area (Å²) >= 11 is 0. The SMILES string of the molecule is CC/C=C/C=C/C=C/C=C/C=C/CCCC(=O)OCC(COC(=O)CCCCC/C=C/C/C=C/C/C=C/C/C=C/C/C=C/CC)OC(=O)CCCCCCCCCCCCCCCC. The second-order valence-electron chi connectivity index (χ2n) is 16.4. The summed E-state index contributed by atoms with van der Waals surface area (Å²) < 4.78 is 16.7. The van der Waals surface area contributed by atoms with Crippen LogP contribution in [0.3, 0.4) is 0 Å². The molecule has 1 atom stereocenters. The van der Waals surface area contributed by atoms with Crippen molar-refractivity contribution in [1.82, 2.24) is 0 Å². The van der Waals surface area contributed by atoms with Gasteiger partial charge in [0.15, 0.2) is 6.10 Å². The fraction of sp³-hybridized carbons (Fsp3) is 0.603. The van der Waals surface area contributed by atoms with Gasteiger partial charge < -0.3 is 14.2 Å². The van der Waals surface area contributed by atoms with Gasteiger partial charge in [0.1, 0.15) is 13.2 Å². The Labute approximate surface area is 392 Å². The highest BCUT2D eigenvalue weighted by Crippen LogP contribution is 2.14. The third kappa shape index (κ3) is 48.8. The molecule has 0 N–H and O–H groups in total. The van der Waals surface area contributed by atoms with E-state index in [-0.39, 0.29) is 37.5 Å². The summed E-state index contributed by atoms with van der Waals surface area (Å²) in [4.78, 5) is 37.9. The first-order valence-corrected chi connectivity index (χ1v) is 25.6. The highest BCUT2D eigenvalue weighted by molar-refractivity contribution is 5.71. The lowest BCUT2D eigenvalue weighted by molar-refractivity contribution is -0.167. The number of unbranched alkanes of at least 4 members (excludes halogenated alkanes) is 17. The Hall–Kier alpha value is -4.19. The van der Waals surface area contributed by atoms with Crippen molar-refractivity contribution in [2.45, 2.75) is 213 Å². The summed E-state index contributed by atoms with van der Waals surface area (Å²) in [5, 5.41) is 0. The molecule has 0 saturated carbocycles. The molecule has 0 saturated heterocycles. The van der Waals surface area contributed by atoms with E-state index in [9.17, 15) is 14.4 Å². The number of carbonyl (C=O) groups excluding carboxylic acids is 3. The Kier molecular flexibility index (Phi) is 48.1. The van der Waals surface area contributed by atoms with Crippen LogP contribution >= 0.6 is 0 Å². The van der Waals surface area contributed by atoms with Crippen molar-refractivity contribution in [3.63, 3.8) is 0 Å². The number of hydrogen-bond acceptors (Lipinski definition) is 6. The third-order valence-electron chi connectivity index (χ3n) is 10.3. The number of rotatable bonds is 44. The Morgan fingerprint density at radius 1 is 0.344 bits per heavy atom. The topological polar surface area (TPSA) is 78.9 Å². The van der Waals surface area contributed by atoms with Gasteiger partial charge in [0.25, 0.3) is 0 Å². The zero-order valence-electron chi connectivity index (χ0n) is 41.0. The van der Waals surface area contributed by atoms with Crippen LogP contribution in [0.15, 0.2) is 122 Å². The predicted molar refractivity (Wildman–Crippen MR) is 274 cm³/mol. The van der Waals surface area contributed by atoms with Crippen molar-refractivity contribution in [3.05, 3.63) is 122 Å². The zero-order valence-corrected chi connectivity index (χ0v) is 41.0. The minimum atomic E-state index is -0.821. The molecule has 0 aromatic rings. The van der Waals surface area contributed by atoms with Gasteiger partial charge in [0.2, 0.25) is 0 Å². The minimum absolute atomic E-state index is 0.120. The van der Waals surface area contributed by atoms with Crippen LogP contribution in [-0.4, -0.2) is 37.2 Å². The van der Waals surface area contributed by atoms with Crippen molar-refractivity contribution in [3.8, 4) is 0 Å². The largest absolute Gasteiger partial charge is 0.462 e. The van der Waals surface area contributed by atoms with Crippen molar-refractivity contribution in [1.29, 1.82) is 0 Å². The molecule has 0 heterocycles. The highest BCUT2D eigenvalue weighted by atomic mass is 16.6. The number of esters is 3. The van der Waals surface area contributed by atoms with Crippen molar-refractivity contribution < 1.29 is 28.6 Å². The molecule has 360 valence electrons. The summed E-state index contributed by atoms with van der Waals surface area (Å²) in [7, 11) is 0. The van der Waals surface area contributed by atoms with Crippen molar-refractivity contribution in [2.24, 2.45) is 0 Å². The molecule has 0 radical (unpaired) electrons. The van der Waals surface area contributed by atoms with Crippen molar-refractivity contribution in [2.75, 3.05) is 13.2 Å². The molecule has 0 fully saturated rings. The highest BCUT2D eigenvalue weighted by Gasteiger charge is 2.19. The summed E-state index contributed by atoms with van der Waals surface area (Å²) in [6.07, 6.45) is 70.5. The fourth-order valence-electron chi connectivity index (χ4n) is 6.56. The first-order valence-electron chi connectivity index (χ1n) is 25.6. The average Bonchev–Trinajstić information content (AvgIpc) is 3.29. The second-order valence-corrected chi connectivity index (χ2v) is 16.4. The quantitative estimate of drug-likeness (QED) is 0.0199. The Morgan fingerprint density at radius 3 is 1.19 bits per heavy atom. The van der Waals surface area contributed by atoms with Gasteiger partial charge in [-0.3, -0.25) is 14.4 Å². The smallest absolute Gasteiger partial charge is 0.306 e. The van der Waals surface area contributed by atoms with Gasteiger partial charge in [0, 0.05) is 19.3 Å². The van der Waals surface area contributed by atoms with E-state index in [0.29, 0.717) is 19.3 Å². The molecular formula is C58H92O6. The van der Waals surface area contributed by atoms with E-state index < -0.39 is 6.10 Å². The van der Waals surface area contributed by atoms with E-state index >= 15 is 0 Å². The molecule has 6 nitrogen and oxygen atoms in total. The maximum atomic E-state index is 12.8. The van der Waals surface area contributed by atoms with Crippen LogP contribution in [0.4, 0.5) is 0 Å². The van der Waals surface area contributed by atoms with Gasteiger partial charge in [-0.15, -0.1) is 0 Å². The number of ether oxygens (including phenoxy) is 3. The van der Waals surface area contributed by atoms with E-state index in [0.717, 1.165) is 89.9 Å². The van der Waals surface area contributed by atoms with Crippen LogP contribution in [-0.2, 0) is 28.6 Å². The minimum Gasteiger partial charge on any atom is -0.462 e. The van der Waals surface area contributed by atoms with Crippen LogP contribution in [0.2, 0.25) is 0 Å². The lowest BCUT2D eigenvalue weighted by Gasteiger charge is -2.18. The number of hydrogen-bond donors (Lipinski definition) is 0. The van der Waals surface area contributed by atoms with Gasteiger partial charge in [0.05, 0.1) is 0 Å². The summed E-state index contributed by atoms with van der Waals surface area (Å²) in [5.41, 5.74) is 0. The van der Waals surface area contributed by atoms with E-state index in [4.69, 9.17) is 14.2 Å². The van der Waals surface area contributed by atoms with Gasteiger partial charge in [-0.2, -0.15) is 0 Å².